The number of allylic oxidation sites excluding steroid dienone is 3. The smallest absolute Gasteiger partial charge is 0.123 e. The second-order valence-corrected chi connectivity index (χ2v) is 8.22. The molecule has 0 saturated carbocycles. The molecule has 0 aliphatic heterocycles. The largest absolute Gasteiger partial charge is 0.387 e. The van der Waals surface area contributed by atoms with Crippen LogP contribution in [0.3, 0.4) is 0 Å². The molecule has 3 heteroatoms. The maximum absolute atomic E-state index is 13.0. The molecule has 0 fully saturated rings. The van der Waals surface area contributed by atoms with Gasteiger partial charge in [-0.05, 0) is 65.4 Å². The van der Waals surface area contributed by atoms with E-state index in [0.717, 1.165) is 17.7 Å². The maximum Gasteiger partial charge on any atom is 0.123 e. The van der Waals surface area contributed by atoms with Gasteiger partial charge in [0.2, 0.25) is 0 Å². The van der Waals surface area contributed by atoms with E-state index in [1.165, 1.54) is 39.7 Å². The van der Waals surface area contributed by atoms with Crippen LogP contribution in [0.1, 0.15) is 29.5 Å². The highest BCUT2D eigenvalue weighted by Gasteiger charge is 2.25. The normalized spacial score (nSPS) is 13.8. The van der Waals surface area contributed by atoms with Crippen molar-refractivity contribution in [3.05, 3.63) is 126 Å². The number of benzene rings is 3. The van der Waals surface area contributed by atoms with Gasteiger partial charge in [-0.2, -0.15) is 0 Å². The standard InChI is InChI=1S/C19H16S.C10H14FN/c20-18-10-9-13-5-3-4-8-17(13)19(18)16-11-14-6-1-2-7-15(14)12-16;1-4-7-9(8-12-6-3)10(11)5-2/h1-10,16,20H,11-12H2;4-7,12H,1,3,8H2,2H3/b;9-7-,10-5+. The lowest BCUT2D eigenvalue weighted by atomic mass is 9.91. The highest BCUT2D eigenvalue weighted by atomic mass is 32.1. The first kappa shape index (κ1) is 23.6. The molecule has 0 unspecified atom stereocenters. The predicted octanol–water partition coefficient (Wildman–Crippen LogP) is 7.72. The van der Waals surface area contributed by atoms with Crippen LogP contribution in [0.25, 0.3) is 10.8 Å². The third-order valence-corrected chi connectivity index (χ3v) is 6.11. The van der Waals surface area contributed by atoms with E-state index in [4.69, 9.17) is 12.6 Å². The van der Waals surface area contributed by atoms with Crippen LogP contribution in [0, 0.1) is 0 Å². The van der Waals surface area contributed by atoms with E-state index in [-0.39, 0.29) is 5.83 Å². The van der Waals surface area contributed by atoms with Crippen molar-refractivity contribution < 1.29 is 4.39 Å². The zero-order chi connectivity index (χ0) is 22.9. The number of rotatable bonds is 6. The Balaban J connectivity index is 0.000000210. The Kier molecular flexibility index (Phi) is 8.52. The number of thiol groups is 1. The van der Waals surface area contributed by atoms with Crippen molar-refractivity contribution in [1.82, 2.24) is 5.32 Å². The summed E-state index contributed by atoms with van der Waals surface area (Å²) in [5.41, 5.74) is 4.99. The van der Waals surface area contributed by atoms with Crippen molar-refractivity contribution in [3.8, 4) is 0 Å². The van der Waals surface area contributed by atoms with Crippen molar-refractivity contribution in [3.63, 3.8) is 0 Å². The summed E-state index contributed by atoms with van der Waals surface area (Å²) in [5, 5.41) is 5.49. The first-order valence-corrected chi connectivity index (χ1v) is 11.3. The molecule has 4 rings (SSSR count). The molecule has 1 N–H and O–H groups in total. The Morgan fingerprint density at radius 2 is 1.69 bits per heavy atom. The molecule has 0 aromatic heterocycles. The van der Waals surface area contributed by atoms with Crippen LogP contribution in [0.2, 0.25) is 0 Å². The monoisotopic (exact) mass is 443 g/mol. The summed E-state index contributed by atoms with van der Waals surface area (Å²) in [4.78, 5) is 1.13. The molecular formula is C29H30FNS. The van der Waals surface area contributed by atoms with Crippen LogP contribution >= 0.6 is 12.6 Å². The summed E-state index contributed by atoms with van der Waals surface area (Å²) >= 11 is 4.73. The van der Waals surface area contributed by atoms with E-state index in [9.17, 15) is 4.39 Å². The van der Waals surface area contributed by atoms with Crippen molar-refractivity contribution in [2.24, 2.45) is 0 Å². The van der Waals surface area contributed by atoms with E-state index < -0.39 is 0 Å². The van der Waals surface area contributed by atoms with E-state index in [2.05, 4.69) is 79.1 Å². The molecule has 0 saturated heterocycles. The van der Waals surface area contributed by atoms with Gasteiger partial charge in [0.15, 0.2) is 0 Å². The lowest BCUT2D eigenvalue weighted by Gasteiger charge is -2.16. The summed E-state index contributed by atoms with van der Waals surface area (Å²) in [6.45, 7) is 9.06. The van der Waals surface area contributed by atoms with Gasteiger partial charge >= 0.3 is 0 Å². The molecular weight excluding hydrogens is 413 g/mol. The van der Waals surface area contributed by atoms with Gasteiger partial charge in [-0.3, -0.25) is 0 Å². The van der Waals surface area contributed by atoms with Gasteiger partial charge < -0.3 is 5.32 Å². The fourth-order valence-corrected chi connectivity index (χ4v) is 4.59. The Bertz CT molecular complexity index is 1130. The minimum Gasteiger partial charge on any atom is -0.387 e. The first-order valence-electron chi connectivity index (χ1n) is 10.8. The molecule has 0 heterocycles. The molecule has 1 aliphatic carbocycles. The molecule has 0 spiro atoms. The number of halogens is 1. The van der Waals surface area contributed by atoms with Gasteiger partial charge in [0.05, 0.1) is 0 Å². The van der Waals surface area contributed by atoms with Gasteiger partial charge in [-0.25, -0.2) is 4.39 Å². The minimum atomic E-state index is -0.232. The van der Waals surface area contributed by atoms with E-state index in [1.807, 2.05) is 0 Å². The summed E-state index contributed by atoms with van der Waals surface area (Å²) in [5.74, 6) is 0.329. The fourth-order valence-electron chi connectivity index (χ4n) is 4.21. The average Bonchev–Trinajstić information content (AvgIpc) is 3.25. The van der Waals surface area contributed by atoms with Gasteiger partial charge in [-0.15, -0.1) is 12.6 Å². The third-order valence-electron chi connectivity index (χ3n) is 5.72. The van der Waals surface area contributed by atoms with E-state index in [1.54, 1.807) is 19.1 Å². The Labute approximate surface area is 196 Å². The molecule has 1 nitrogen and oxygen atoms in total. The summed E-state index contributed by atoms with van der Waals surface area (Å²) < 4.78 is 13.0. The number of nitrogens with one attached hydrogen (secondary N) is 1. The van der Waals surface area contributed by atoms with Crippen molar-refractivity contribution in [1.29, 1.82) is 0 Å². The van der Waals surface area contributed by atoms with Gasteiger partial charge in [-0.1, -0.05) is 86.0 Å². The number of hydrogen-bond donors (Lipinski definition) is 2. The topological polar surface area (TPSA) is 12.0 Å². The van der Waals surface area contributed by atoms with Crippen LogP contribution < -0.4 is 5.32 Å². The SMILES string of the molecule is C=C/C=C(CNC=C)\C(F)=C/C.Sc1ccc2ccccc2c1C1Cc2ccccc2C1. The van der Waals surface area contributed by atoms with Crippen LogP contribution in [0.4, 0.5) is 4.39 Å². The van der Waals surface area contributed by atoms with Crippen LogP contribution in [0.15, 0.2) is 115 Å². The maximum atomic E-state index is 13.0. The minimum absolute atomic E-state index is 0.232. The zero-order valence-electron chi connectivity index (χ0n) is 18.5. The lowest BCUT2D eigenvalue weighted by molar-refractivity contribution is 0.639. The Morgan fingerprint density at radius 3 is 2.31 bits per heavy atom. The second-order valence-electron chi connectivity index (χ2n) is 7.74. The van der Waals surface area contributed by atoms with Crippen molar-refractivity contribution in [2.75, 3.05) is 6.54 Å². The Morgan fingerprint density at radius 1 is 1.03 bits per heavy atom. The Hall–Kier alpha value is -3.04. The molecule has 0 bridgehead atoms. The van der Waals surface area contributed by atoms with Gasteiger partial charge in [0.1, 0.15) is 5.83 Å². The van der Waals surface area contributed by atoms with Gasteiger partial charge in [0, 0.05) is 17.0 Å². The molecule has 3 aromatic rings. The summed E-state index contributed by atoms with van der Waals surface area (Å²) in [7, 11) is 0. The average molecular weight is 444 g/mol. The number of fused-ring (bicyclic) bond motifs is 2. The molecule has 0 radical (unpaired) electrons. The zero-order valence-corrected chi connectivity index (χ0v) is 19.4. The van der Waals surface area contributed by atoms with E-state index >= 15 is 0 Å². The quantitative estimate of drug-likeness (QED) is 0.294. The van der Waals surface area contributed by atoms with E-state index in [0.29, 0.717) is 18.0 Å². The molecule has 1 aliphatic rings. The third kappa shape index (κ3) is 5.60. The molecule has 164 valence electrons. The fraction of sp³-hybridized carbons (Fsp3) is 0.172. The van der Waals surface area contributed by atoms with Crippen LogP contribution in [0.5, 0.6) is 0 Å². The summed E-state index contributed by atoms with van der Waals surface area (Å²) in [6.07, 6.45) is 8.41. The van der Waals surface area contributed by atoms with Gasteiger partial charge in [0.25, 0.3) is 0 Å². The van der Waals surface area contributed by atoms with Crippen LogP contribution in [-0.4, -0.2) is 6.54 Å². The lowest BCUT2D eigenvalue weighted by Crippen LogP contribution is -2.09. The second kappa shape index (κ2) is 11.5. The molecule has 0 amide bonds. The summed E-state index contributed by atoms with van der Waals surface area (Å²) in [6, 6.07) is 21.8. The number of hydrogen-bond acceptors (Lipinski definition) is 2. The van der Waals surface area contributed by atoms with Crippen molar-refractivity contribution >= 4 is 23.4 Å². The molecule has 0 atom stereocenters. The molecule has 32 heavy (non-hydrogen) atoms. The highest BCUT2D eigenvalue weighted by Crippen LogP contribution is 2.39. The van der Waals surface area contributed by atoms with Crippen molar-refractivity contribution in [2.45, 2.75) is 30.6 Å². The first-order chi connectivity index (χ1) is 15.6. The predicted molar refractivity (Wildman–Crippen MR) is 139 cm³/mol. The molecule has 3 aromatic carbocycles. The highest BCUT2D eigenvalue weighted by molar-refractivity contribution is 7.80. The van der Waals surface area contributed by atoms with Crippen LogP contribution in [-0.2, 0) is 12.8 Å².